The van der Waals surface area contributed by atoms with Crippen LogP contribution in [0.15, 0.2) is 30.5 Å². The molecule has 6 heteroatoms. The van der Waals surface area contributed by atoms with E-state index in [0.29, 0.717) is 13.2 Å². The van der Waals surface area contributed by atoms with E-state index in [9.17, 15) is 13.2 Å². The number of halogens is 3. The molecule has 0 aliphatic rings. The Kier molecular flexibility index (Phi) is 5.15. The molecule has 1 N–H and O–H groups in total. The standard InChI is InChI=1S/C12H15F3N2O/c1-9(2)8-18-7-6-17-11-10(12(13,14)15)4-3-5-16-11/h3-5H,1,6-8H2,2H3,(H,16,17). The Morgan fingerprint density at radius 2 is 2.22 bits per heavy atom. The van der Waals surface area contributed by atoms with Gasteiger partial charge in [0, 0.05) is 12.7 Å². The zero-order valence-corrected chi connectivity index (χ0v) is 10.0. The molecule has 0 spiro atoms. The number of aromatic nitrogens is 1. The van der Waals surface area contributed by atoms with Crippen molar-refractivity contribution >= 4 is 5.82 Å². The lowest BCUT2D eigenvalue weighted by molar-refractivity contribution is -0.137. The number of alkyl halides is 3. The maximum absolute atomic E-state index is 12.6. The first-order chi connectivity index (χ1) is 8.41. The summed E-state index contributed by atoms with van der Waals surface area (Å²) in [5.41, 5.74) is 0.0914. The molecule has 0 saturated heterocycles. The zero-order valence-electron chi connectivity index (χ0n) is 10.0. The molecule has 0 saturated carbocycles. The maximum atomic E-state index is 12.6. The molecule has 1 rings (SSSR count). The average molecular weight is 260 g/mol. The first-order valence-corrected chi connectivity index (χ1v) is 5.39. The van der Waals surface area contributed by atoms with Gasteiger partial charge in [0.2, 0.25) is 0 Å². The molecule has 0 unspecified atom stereocenters. The van der Waals surface area contributed by atoms with Gasteiger partial charge in [-0.1, -0.05) is 12.2 Å². The summed E-state index contributed by atoms with van der Waals surface area (Å²) < 4.78 is 43.0. The van der Waals surface area contributed by atoms with Gasteiger partial charge >= 0.3 is 6.18 Å². The number of ether oxygens (including phenoxy) is 1. The van der Waals surface area contributed by atoms with Gasteiger partial charge in [-0.15, -0.1) is 0 Å². The number of hydrogen-bond acceptors (Lipinski definition) is 3. The number of anilines is 1. The van der Waals surface area contributed by atoms with Crippen molar-refractivity contribution in [2.24, 2.45) is 0 Å². The monoisotopic (exact) mass is 260 g/mol. The molecule has 0 fully saturated rings. The van der Waals surface area contributed by atoms with E-state index in [0.717, 1.165) is 11.6 Å². The van der Waals surface area contributed by atoms with Crippen LogP contribution < -0.4 is 5.32 Å². The maximum Gasteiger partial charge on any atom is 0.419 e. The van der Waals surface area contributed by atoms with Gasteiger partial charge in [0.1, 0.15) is 5.82 Å². The summed E-state index contributed by atoms with van der Waals surface area (Å²) in [7, 11) is 0. The summed E-state index contributed by atoms with van der Waals surface area (Å²) >= 11 is 0. The van der Waals surface area contributed by atoms with Crippen LogP contribution in [0.5, 0.6) is 0 Å². The molecule has 0 atom stereocenters. The van der Waals surface area contributed by atoms with Gasteiger partial charge in [-0.25, -0.2) is 4.98 Å². The Balaban J connectivity index is 2.50. The first-order valence-electron chi connectivity index (χ1n) is 5.39. The molecule has 0 amide bonds. The molecule has 0 aliphatic carbocycles. The van der Waals surface area contributed by atoms with Crippen LogP contribution in [0, 0.1) is 0 Å². The SMILES string of the molecule is C=C(C)COCCNc1ncccc1C(F)(F)F. The molecule has 1 aromatic rings. The fourth-order valence-corrected chi connectivity index (χ4v) is 1.26. The lowest BCUT2D eigenvalue weighted by atomic mass is 10.2. The van der Waals surface area contributed by atoms with E-state index in [4.69, 9.17) is 4.74 Å². The highest BCUT2D eigenvalue weighted by Crippen LogP contribution is 2.33. The zero-order chi connectivity index (χ0) is 13.6. The third kappa shape index (κ3) is 4.75. The average Bonchev–Trinajstić information content (AvgIpc) is 2.27. The number of rotatable bonds is 6. The van der Waals surface area contributed by atoms with Crippen molar-refractivity contribution in [3.8, 4) is 0 Å². The number of nitrogens with zero attached hydrogens (tertiary/aromatic N) is 1. The predicted molar refractivity (Wildman–Crippen MR) is 63.4 cm³/mol. The molecule has 100 valence electrons. The second-order valence-corrected chi connectivity index (χ2v) is 3.83. The van der Waals surface area contributed by atoms with Gasteiger partial charge in [-0.3, -0.25) is 0 Å². The predicted octanol–water partition coefficient (Wildman–Crippen LogP) is 3.11. The highest BCUT2D eigenvalue weighted by molar-refractivity contribution is 5.45. The van der Waals surface area contributed by atoms with Crippen LogP contribution in [0.1, 0.15) is 12.5 Å². The van der Waals surface area contributed by atoms with Crippen molar-refractivity contribution in [2.45, 2.75) is 13.1 Å². The second-order valence-electron chi connectivity index (χ2n) is 3.83. The third-order valence-electron chi connectivity index (χ3n) is 2.00. The molecule has 0 bridgehead atoms. The van der Waals surface area contributed by atoms with Crippen LogP contribution in [0.3, 0.4) is 0 Å². The molecule has 1 aromatic heterocycles. The van der Waals surface area contributed by atoms with Gasteiger partial charge < -0.3 is 10.1 Å². The van der Waals surface area contributed by atoms with Gasteiger partial charge in [0.05, 0.1) is 18.8 Å². The van der Waals surface area contributed by atoms with E-state index in [2.05, 4.69) is 16.9 Å². The first kappa shape index (κ1) is 14.5. The quantitative estimate of drug-likeness (QED) is 0.630. The smallest absolute Gasteiger partial charge is 0.375 e. The molecule has 18 heavy (non-hydrogen) atoms. The van der Waals surface area contributed by atoms with Crippen molar-refractivity contribution in [1.82, 2.24) is 4.98 Å². The van der Waals surface area contributed by atoms with Gasteiger partial charge in [-0.2, -0.15) is 13.2 Å². The lowest BCUT2D eigenvalue weighted by Crippen LogP contribution is -2.16. The number of pyridine rings is 1. The second kappa shape index (κ2) is 6.39. The van der Waals surface area contributed by atoms with Crippen LogP contribution in [0.2, 0.25) is 0 Å². The topological polar surface area (TPSA) is 34.1 Å². The number of nitrogens with one attached hydrogen (secondary N) is 1. The molecule has 1 heterocycles. The summed E-state index contributed by atoms with van der Waals surface area (Å²) in [6, 6.07) is 2.25. The van der Waals surface area contributed by atoms with Crippen molar-refractivity contribution < 1.29 is 17.9 Å². The van der Waals surface area contributed by atoms with E-state index in [-0.39, 0.29) is 12.4 Å². The fourth-order valence-electron chi connectivity index (χ4n) is 1.26. The van der Waals surface area contributed by atoms with Crippen LogP contribution in [-0.4, -0.2) is 24.7 Å². The van der Waals surface area contributed by atoms with E-state index in [1.807, 2.05) is 6.92 Å². The van der Waals surface area contributed by atoms with E-state index >= 15 is 0 Å². The van der Waals surface area contributed by atoms with Gasteiger partial charge in [0.15, 0.2) is 0 Å². The summed E-state index contributed by atoms with van der Waals surface area (Å²) in [5.74, 6) is -0.177. The van der Waals surface area contributed by atoms with Gasteiger partial charge in [0.25, 0.3) is 0 Å². The van der Waals surface area contributed by atoms with Gasteiger partial charge in [-0.05, 0) is 19.1 Å². The minimum absolute atomic E-state index is 0.177. The summed E-state index contributed by atoms with van der Waals surface area (Å²) in [4.78, 5) is 3.67. The normalized spacial score (nSPS) is 11.3. The van der Waals surface area contributed by atoms with Crippen molar-refractivity contribution in [3.63, 3.8) is 0 Å². The van der Waals surface area contributed by atoms with Crippen molar-refractivity contribution in [2.75, 3.05) is 25.1 Å². The van der Waals surface area contributed by atoms with Crippen LogP contribution in [0.25, 0.3) is 0 Å². The minimum atomic E-state index is -4.41. The highest BCUT2D eigenvalue weighted by atomic mass is 19.4. The van der Waals surface area contributed by atoms with E-state index in [1.165, 1.54) is 12.3 Å². The van der Waals surface area contributed by atoms with Crippen LogP contribution >= 0.6 is 0 Å². The molecule has 3 nitrogen and oxygen atoms in total. The number of hydrogen-bond donors (Lipinski definition) is 1. The summed E-state index contributed by atoms with van der Waals surface area (Å²) in [5, 5.41) is 2.61. The molecule has 0 aromatic carbocycles. The Morgan fingerprint density at radius 1 is 1.50 bits per heavy atom. The Hall–Kier alpha value is -1.56. The molecule has 0 radical (unpaired) electrons. The van der Waals surface area contributed by atoms with E-state index in [1.54, 1.807) is 0 Å². The third-order valence-corrected chi connectivity index (χ3v) is 2.00. The molecular weight excluding hydrogens is 245 g/mol. The van der Waals surface area contributed by atoms with Crippen LogP contribution in [0.4, 0.5) is 19.0 Å². The summed E-state index contributed by atoms with van der Waals surface area (Å²) in [6.07, 6.45) is -3.10. The Labute approximate surface area is 104 Å². The Morgan fingerprint density at radius 3 is 2.83 bits per heavy atom. The van der Waals surface area contributed by atoms with E-state index < -0.39 is 11.7 Å². The highest BCUT2D eigenvalue weighted by Gasteiger charge is 2.33. The van der Waals surface area contributed by atoms with Crippen molar-refractivity contribution in [1.29, 1.82) is 0 Å². The lowest BCUT2D eigenvalue weighted by Gasteiger charge is -2.13. The summed E-state index contributed by atoms with van der Waals surface area (Å²) in [6.45, 7) is 6.41. The largest absolute Gasteiger partial charge is 0.419 e. The minimum Gasteiger partial charge on any atom is -0.375 e. The molecule has 0 aliphatic heterocycles. The Bertz CT molecular complexity index is 405. The van der Waals surface area contributed by atoms with Crippen molar-refractivity contribution in [3.05, 3.63) is 36.0 Å². The fraction of sp³-hybridized carbons (Fsp3) is 0.417. The van der Waals surface area contributed by atoms with Crippen LogP contribution in [-0.2, 0) is 10.9 Å². The molecular formula is C12H15F3N2O.